The molecule has 1 saturated heterocycles. The van der Waals surface area contributed by atoms with Crippen LogP contribution in [-0.4, -0.2) is 48.9 Å². The van der Waals surface area contributed by atoms with Gasteiger partial charge in [-0.05, 0) is 6.07 Å². The molecule has 3 rings (SSSR count). The lowest BCUT2D eigenvalue weighted by atomic mass is 10.00. The minimum atomic E-state index is -1.50. The van der Waals surface area contributed by atoms with Gasteiger partial charge < -0.3 is 14.9 Å². The van der Waals surface area contributed by atoms with Crippen molar-refractivity contribution in [2.24, 2.45) is 5.92 Å². The van der Waals surface area contributed by atoms with E-state index in [0.29, 0.717) is 5.03 Å². The number of carbonyl (C=O) groups is 2. The SMILES string of the molecule is O=C(O)OC1=C(n2cccn2)S[C@@H]2[C@@H](CO)C(=O)N12. The minimum absolute atomic E-state index is 0.0547. The van der Waals surface area contributed by atoms with Crippen molar-refractivity contribution in [3.8, 4) is 0 Å². The van der Waals surface area contributed by atoms with Crippen LogP contribution in [0.2, 0.25) is 0 Å². The second-order valence-electron chi connectivity index (χ2n) is 3.93. The molecule has 0 aliphatic carbocycles. The van der Waals surface area contributed by atoms with Gasteiger partial charge in [0.25, 0.3) is 0 Å². The average molecular weight is 283 g/mol. The van der Waals surface area contributed by atoms with Crippen LogP contribution in [0, 0.1) is 5.92 Å². The van der Waals surface area contributed by atoms with Gasteiger partial charge in [-0.2, -0.15) is 5.10 Å². The number of aromatic nitrogens is 2. The third-order valence-corrected chi connectivity index (χ3v) is 4.25. The minimum Gasteiger partial charge on any atom is -0.449 e. The van der Waals surface area contributed by atoms with E-state index in [0.717, 1.165) is 0 Å². The molecule has 1 amide bonds. The quantitative estimate of drug-likeness (QED) is 0.602. The van der Waals surface area contributed by atoms with Crippen molar-refractivity contribution in [3.05, 3.63) is 24.3 Å². The zero-order valence-corrected chi connectivity index (χ0v) is 10.3. The van der Waals surface area contributed by atoms with Crippen LogP contribution in [0.3, 0.4) is 0 Å². The smallest absolute Gasteiger partial charge is 0.449 e. The fourth-order valence-corrected chi connectivity index (χ4v) is 3.38. The summed E-state index contributed by atoms with van der Waals surface area (Å²) >= 11 is 1.24. The predicted molar refractivity (Wildman–Crippen MR) is 63.4 cm³/mol. The summed E-state index contributed by atoms with van der Waals surface area (Å²) in [6.07, 6.45) is 1.66. The molecule has 0 saturated carbocycles. The fraction of sp³-hybridized carbons (Fsp3) is 0.300. The van der Waals surface area contributed by atoms with Gasteiger partial charge >= 0.3 is 6.16 Å². The Bertz CT molecular complexity index is 570. The van der Waals surface area contributed by atoms with Crippen LogP contribution >= 0.6 is 11.8 Å². The third-order valence-electron chi connectivity index (χ3n) is 2.88. The number of thioether (sulfide) groups is 1. The Balaban J connectivity index is 1.98. The highest BCUT2D eigenvalue weighted by Gasteiger charge is 2.56. The maximum absolute atomic E-state index is 11.8. The number of rotatable bonds is 3. The number of ether oxygens (including phenoxy) is 1. The summed E-state index contributed by atoms with van der Waals surface area (Å²) in [6, 6.07) is 1.67. The molecule has 2 N–H and O–H groups in total. The van der Waals surface area contributed by atoms with E-state index in [1.165, 1.54) is 27.5 Å². The average Bonchev–Trinajstić information content (AvgIpc) is 2.94. The van der Waals surface area contributed by atoms with E-state index in [1.807, 2.05) is 0 Å². The topological polar surface area (TPSA) is 105 Å². The number of carboxylic acid groups (broad SMARTS) is 1. The van der Waals surface area contributed by atoms with Crippen LogP contribution in [0.4, 0.5) is 4.79 Å². The first-order valence-corrected chi connectivity index (χ1v) is 6.27. The summed E-state index contributed by atoms with van der Waals surface area (Å²) in [5.41, 5.74) is 0. The highest BCUT2D eigenvalue weighted by Crippen LogP contribution is 2.50. The Morgan fingerprint density at radius 2 is 2.37 bits per heavy atom. The van der Waals surface area contributed by atoms with Gasteiger partial charge in [-0.15, -0.1) is 0 Å². The molecule has 0 aromatic carbocycles. The van der Waals surface area contributed by atoms with Gasteiger partial charge in [0, 0.05) is 12.4 Å². The van der Waals surface area contributed by atoms with Crippen molar-refractivity contribution in [3.63, 3.8) is 0 Å². The number of carbonyl (C=O) groups excluding carboxylic acids is 1. The maximum atomic E-state index is 11.8. The van der Waals surface area contributed by atoms with Crippen LogP contribution in [0.15, 0.2) is 24.3 Å². The summed E-state index contributed by atoms with van der Waals surface area (Å²) in [4.78, 5) is 23.8. The number of fused-ring (bicyclic) bond motifs is 1. The molecule has 0 unspecified atom stereocenters. The van der Waals surface area contributed by atoms with Crippen LogP contribution in [0.25, 0.3) is 5.03 Å². The lowest BCUT2D eigenvalue weighted by Gasteiger charge is -2.40. The molecule has 9 heteroatoms. The van der Waals surface area contributed by atoms with Crippen LogP contribution in [0.1, 0.15) is 0 Å². The molecule has 19 heavy (non-hydrogen) atoms. The van der Waals surface area contributed by atoms with Crippen LogP contribution in [0.5, 0.6) is 0 Å². The molecular weight excluding hydrogens is 274 g/mol. The van der Waals surface area contributed by atoms with Gasteiger partial charge in [0.2, 0.25) is 11.8 Å². The van der Waals surface area contributed by atoms with E-state index in [1.54, 1.807) is 12.3 Å². The zero-order valence-electron chi connectivity index (χ0n) is 9.46. The number of hydrogen-bond donors (Lipinski definition) is 2. The lowest BCUT2D eigenvalue weighted by molar-refractivity contribution is -0.151. The van der Waals surface area contributed by atoms with Crippen molar-refractivity contribution >= 4 is 28.9 Å². The number of nitrogens with zero attached hydrogens (tertiary/aromatic N) is 3. The summed E-state index contributed by atoms with van der Waals surface area (Å²) in [5.74, 6) is -0.940. The van der Waals surface area contributed by atoms with Gasteiger partial charge in [-0.25, -0.2) is 9.48 Å². The van der Waals surface area contributed by atoms with Gasteiger partial charge in [-0.1, -0.05) is 11.8 Å². The molecule has 1 fully saturated rings. The standard InChI is InChI=1S/C10H9N3O5S/c14-4-5-6(15)13-7(18-10(16)17)9(19-8(5)13)12-3-1-2-11-12/h1-3,5,8,14H,4H2,(H,16,17)/t5-,8+/m0/s1. The summed E-state index contributed by atoms with van der Waals surface area (Å²) in [5, 5.41) is 21.9. The number of hydrogen-bond acceptors (Lipinski definition) is 6. The molecule has 2 aliphatic rings. The fourth-order valence-electron chi connectivity index (χ4n) is 2.03. The molecule has 2 aliphatic heterocycles. The Morgan fingerprint density at radius 1 is 1.58 bits per heavy atom. The molecule has 3 heterocycles. The van der Waals surface area contributed by atoms with Gasteiger partial charge in [0.05, 0.1) is 12.5 Å². The van der Waals surface area contributed by atoms with Crippen LogP contribution < -0.4 is 0 Å². The molecule has 0 radical (unpaired) electrons. The molecule has 100 valence electrons. The van der Waals surface area contributed by atoms with Crippen molar-refractivity contribution in [1.29, 1.82) is 0 Å². The Hall–Kier alpha value is -2.00. The predicted octanol–water partition coefficient (Wildman–Crippen LogP) is 0.185. The Labute approximate surface area is 111 Å². The molecular formula is C10H9N3O5S. The molecule has 1 aromatic rings. The van der Waals surface area contributed by atoms with E-state index < -0.39 is 12.1 Å². The Morgan fingerprint density at radius 3 is 2.95 bits per heavy atom. The van der Waals surface area contributed by atoms with Crippen molar-refractivity contribution < 1.29 is 24.5 Å². The first kappa shape index (κ1) is 12.1. The Kier molecular flexibility index (Phi) is 2.72. The normalized spacial score (nSPS) is 25.3. The highest BCUT2D eigenvalue weighted by atomic mass is 32.2. The molecule has 2 atom stereocenters. The maximum Gasteiger partial charge on any atom is 0.512 e. The van der Waals surface area contributed by atoms with E-state index >= 15 is 0 Å². The molecule has 1 aromatic heterocycles. The van der Waals surface area contributed by atoms with Gasteiger partial charge in [0.1, 0.15) is 5.37 Å². The van der Waals surface area contributed by atoms with Crippen molar-refractivity contribution in [2.75, 3.05) is 6.61 Å². The van der Waals surface area contributed by atoms with Crippen molar-refractivity contribution in [2.45, 2.75) is 5.37 Å². The first-order chi connectivity index (χ1) is 9.13. The largest absolute Gasteiger partial charge is 0.512 e. The van der Waals surface area contributed by atoms with Gasteiger partial charge in [-0.3, -0.25) is 9.69 Å². The van der Waals surface area contributed by atoms with E-state index in [9.17, 15) is 9.59 Å². The summed E-state index contributed by atoms with van der Waals surface area (Å²) in [7, 11) is 0. The number of amides is 1. The van der Waals surface area contributed by atoms with Crippen LogP contribution in [-0.2, 0) is 9.53 Å². The summed E-state index contributed by atoms with van der Waals surface area (Å²) < 4.78 is 6.12. The second kappa shape index (κ2) is 4.28. The number of aliphatic hydroxyl groups excluding tert-OH is 1. The summed E-state index contributed by atoms with van der Waals surface area (Å²) in [6.45, 7) is -0.278. The third kappa shape index (κ3) is 1.70. The monoisotopic (exact) mass is 283 g/mol. The number of β-lactam (4-membered cyclic amide) rings is 1. The lowest BCUT2D eigenvalue weighted by Crippen LogP contribution is -2.58. The van der Waals surface area contributed by atoms with E-state index in [-0.39, 0.29) is 23.8 Å². The van der Waals surface area contributed by atoms with Gasteiger partial charge in [0.15, 0.2) is 5.03 Å². The second-order valence-corrected chi connectivity index (χ2v) is 5.04. The van der Waals surface area contributed by atoms with E-state index in [2.05, 4.69) is 9.84 Å². The van der Waals surface area contributed by atoms with Crippen molar-refractivity contribution in [1.82, 2.24) is 14.7 Å². The number of aliphatic hydroxyl groups is 1. The highest BCUT2D eigenvalue weighted by molar-refractivity contribution is 8.08. The zero-order chi connectivity index (χ0) is 13.6. The molecule has 0 spiro atoms. The molecule has 0 bridgehead atoms. The first-order valence-electron chi connectivity index (χ1n) is 5.39. The molecule has 8 nitrogen and oxygen atoms in total. The van der Waals surface area contributed by atoms with E-state index in [4.69, 9.17) is 10.2 Å².